The van der Waals surface area contributed by atoms with Crippen LogP contribution >= 0.6 is 0 Å². The van der Waals surface area contributed by atoms with Crippen LogP contribution in [0.5, 0.6) is 0 Å². The molecule has 0 aliphatic heterocycles. The molecule has 1 rings (SSSR count). The average molecular weight is 296 g/mol. The zero-order chi connectivity index (χ0) is 15.5. The van der Waals surface area contributed by atoms with E-state index in [0.29, 0.717) is 0 Å². The van der Waals surface area contributed by atoms with Crippen molar-refractivity contribution in [2.24, 2.45) is 0 Å². The number of sulfonamides is 1. The summed E-state index contributed by atoms with van der Waals surface area (Å²) in [5.41, 5.74) is 0.142. The number of aromatic carboxylic acids is 1. The first kappa shape index (κ1) is 16.1. The van der Waals surface area contributed by atoms with Gasteiger partial charge in [0.15, 0.2) is 0 Å². The fraction of sp³-hybridized carbons (Fsp3) is 0.385. The van der Waals surface area contributed by atoms with Crippen molar-refractivity contribution in [2.45, 2.75) is 31.2 Å². The molecule has 0 fully saturated rings. The Morgan fingerprint density at radius 3 is 2.60 bits per heavy atom. The Bertz CT molecular complexity index is 661. The number of rotatable bonds is 5. The lowest BCUT2D eigenvalue weighted by Crippen LogP contribution is -2.35. The van der Waals surface area contributed by atoms with Crippen LogP contribution in [0.1, 0.15) is 29.3 Å². The van der Waals surface area contributed by atoms with Crippen LogP contribution in [0.2, 0.25) is 0 Å². The van der Waals surface area contributed by atoms with Crippen LogP contribution in [0.4, 0.5) is 0 Å². The van der Waals surface area contributed by atoms with E-state index in [4.69, 9.17) is 10.4 Å². The molecule has 1 N–H and O–H groups in total. The minimum Gasteiger partial charge on any atom is -0.478 e. The number of carboxylic acid groups (broad SMARTS) is 1. The number of nitriles is 1. The van der Waals surface area contributed by atoms with E-state index in [1.165, 1.54) is 32.2 Å². The molecular weight excluding hydrogens is 280 g/mol. The van der Waals surface area contributed by atoms with E-state index in [2.05, 4.69) is 0 Å². The molecule has 0 saturated heterocycles. The summed E-state index contributed by atoms with van der Waals surface area (Å²) >= 11 is 0. The molecule has 0 radical (unpaired) electrons. The molecule has 0 aromatic heterocycles. The van der Waals surface area contributed by atoms with Gasteiger partial charge in [-0.1, -0.05) is 6.07 Å². The first-order chi connectivity index (χ1) is 9.23. The van der Waals surface area contributed by atoms with Crippen LogP contribution in [0.25, 0.3) is 0 Å². The molecule has 20 heavy (non-hydrogen) atoms. The van der Waals surface area contributed by atoms with Gasteiger partial charge in [0.1, 0.15) is 0 Å². The second kappa shape index (κ2) is 6.03. The highest BCUT2D eigenvalue weighted by Gasteiger charge is 2.28. The van der Waals surface area contributed by atoms with Crippen molar-refractivity contribution >= 4 is 16.0 Å². The SMILES string of the molecule is Cc1c(C(=O)O)cccc1S(=O)(=O)N(C)C(C)CC#N. The van der Waals surface area contributed by atoms with E-state index in [0.717, 1.165) is 4.31 Å². The lowest BCUT2D eigenvalue weighted by atomic mass is 10.1. The van der Waals surface area contributed by atoms with Gasteiger partial charge in [0, 0.05) is 13.1 Å². The van der Waals surface area contributed by atoms with E-state index in [-0.39, 0.29) is 22.4 Å². The highest BCUT2D eigenvalue weighted by molar-refractivity contribution is 7.89. The van der Waals surface area contributed by atoms with Crippen LogP contribution in [-0.4, -0.2) is 36.9 Å². The Morgan fingerprint density at radius 2 is 2.10 bits per heavy atom. The van der Waals surface area contributed by atoms with Gasteiger partial charge in [-0.2, -0.15) is 9.57 Å². The highest BCUT2D eigenvalue weighted by atomic mass is 32.2. The molecule has 0 bridgehead atoms. The molecule has 1 unspecified atom stereocenters. The van der Waals surface area contributed by atoms with Gasteiger partial charge in [-0.25, -0.2) is 13.2 Å². The normalized spacial score (nSPS) is 12.9. The third-order valence-electron chi connectivity index (χ3n) is 3.18. The Labute approximate surface area is 118 Å². The minimum absolute atomic E-state index is 0.0487. The Morgan fingerprint density at radius 1 is 1.50 bits per heavy atom. The lowest BCUT2D eigenvalue weighted by molar-refractivity contribution is 0.0696. The fourth-order valence-electron chi connectivity index (χ4n) is 1.78. The molecule has 7 heteroatoms. The van der Waals surface area contributed by atoms with Gasteiger partial charge >= 0.3 is 5.97 Å². The molecule has 108 valence electrons. The Hall–Kier alpha value is -1.91. The summed E-state index contributed by atoms with van der Waals surface area (Å²) in [6.07, 6.45) is 0.0629. The number of hydrogen-bond donors (Lipinski definition) is 1. The van der Waals surface area contributed by atoms with Gasteiger partial charge in [-0.05, 0) is 31.5 Å². The molecule has 1 aromatic carbocycles. The van der Waals surface area contributed by atoms with Crippen LogP contribution in [0.3, 0.4) is 0 Å². The smallest absolute Gasteiger partial charge is 0.335 e. The van der Waals surface area contributed by atoms with Crippen LogP contribution in [0, 0.1) is 18.3 Å². The first-order valence-electron chi connectivity index (χ1n) is 5.91. The molecule has 1 aromatic rings. The molecule has 0 aliphatic carbocycles. The summed E-state index contributed by atoms with van der Waals surface area (Å²) in [5, 5.41) is 17.7. The summed E-state index contributed by atoms with van der Waals surface area (Å²) in [6.45, 7) is 3.08. The quantitative estimate of drug-likeness (QED) is 0.890. The van der Waals surface area contributed by atoms with Crippen molar-refractivity contribution in [3.8, 4) is 6.07 Å². The number of carbonyl (C=O) groups is 1. The summed E-state index contributed by atoms with van der Waals surface area (Å²) in [7, 11) is -2.45. The monoisotopic (exact) mass is 296 g/mol. The molecule has 1 atom stereocenters. The van der Waals surface area contributed by atoms with Crippen LogP contribution in [-0.2, 0) is 10.0 Å². The number of carboxylic acids is 1. The van der Waals surface area contributed by atoms with Crippen molar-refractivity contribution in [2.75, 3.05) is 7.05 Å². The average Bonchev–Trinajstić information content (AvgIpc) is 2.37. The summed E-state index contributed by atoms with van der Waals surface area (Å²) in [4.78, 5) is 11.0. The lowest BCUT2D eigenvalue weighted by Gasteiger charge is -2.23. The van der Waals surface area contributed by atoms with Gasteiger partial charge in [-0.15, -0.1) is 0 Å². The minimum atomic E-state index is -3.83. The van der Waals surface area contributed by atoms with Gasteiger partial charge < -0.3 is 5.11 Å². The third kappa shape index (κ3) is 2.98. The maximum absolute atomic E-state index is 12.5. The molecule has 0 saturated carbocycles. The number of benzene rings is 1. The summed E-state index contributed by atoms with van der Waals surface area (Å²) in [6, 6.07) is 5.55. The van der Waals surface area contributed by atoms with E-state index >= 15 is 0 Å². The Kier molecular flexibility index (Phi) is 4.87. The van der Waals surface area contributed by atoms with Crippen LogP contribution < -0.4 is 0 Å². The summed E-state index contributed by atoms with van der Waals surface area (Å²) in [5.74, 6) is -1.17. The standard InChI is InChI=1S/C13H16N2O4S/c1-9(7-8-14)15(3)20(18,19)12-6-4-5-11(10(12)2)13(16)17/h4-6,9H,7H2,1-3H3,(H,16,17). The molecule has 0 aliphatic rings. The highest BCUT2D eigenvalue weighted by Crippen LogP contribution is 2.23. The Balaban J connectivity index is 3.34. The third-order valence-corrected chi connectivity index (χ3v) is 5.30. The number of hydrogen-bond acceptors (Lipinski definition) is 4. The van der Waals surface area contributed by atoms with Gasteiger partial charge in [0.05, 0.1) is 22.9 Å². The van der Waals surface area contributed by atoms with Crippen molar-refractivity contribution < 1.29 is 18.3 Å². The zero-order valence-corrected chi connectivity index (χ0v) is 12.3. The van der Waals surface area contributed by atoms with Gasteiger partial charge in [-0.3, -0.25) is 0 Å². The number of nitrogens with zero attached hydrogens (tertiary/aromatic N) is 2. The predicted molar refractivity (Wildman–Crippen MR) is 72.8 cm³/mol. The summed E-state index contributed by atoms with van der Waals surface area (Å²) < 4.78 is 26.0. The first-order valence-corrected chi connectivity index (χ1v) is 7.35. The molecular formula is C13H16N2O4S. The molecule has 0 spiro atoms. The van der Waals surface area contributed by atoms with Crippen molar-refractivity contribution in [1.82, 2.24) is 4.31 Å². The van der Waals surface area contributed by atoms with Crippen molar-refractivity contribution in [3.63, 3.8) is 0 Å². The van der Waals surface area contributed by atoms with Crippen LogP contribution in [0.15, 0.2) is 23.1 Å². The maximum atomic E-state index is 12.5. The zero-order valence-electron chi connectivity index (χ0n) is 11.5. The van der Waals surface area contributed by atoms with E-state index in [1.807, 2.05) is 6.07 Å². The largest absolute Gasteiger partial charge is 0.478 e. The second-order valence-electron chi connectivity index (χ2n) is 4.47. The topological polar surface area (TPSA) is 98.5 Å². The maximum Gasteiger partial charge on any atom is 0.335 e. The fourth-order valence-corrected chi connectivity index (χ4v) is 3.38. The van der Waals surface area contributed by atoms with Gasteiger partial charge in [0.25, 0.3) is 0 Å². The van der Waals surface area contributed by atoms with E-state index in [9.17, 15) is 13.2 Å². The van der Waals surface area contributed by atoms with Gasteiger partial charge in [0.2, 0.25) is 10.0 Å². The van der Waals surface area contributed by atoms with Crippen molar-refractivity contribution in [3.05, 3.63) is 29.3 Å². The molecule has 0 heterocycles. The second-order valence-corrected chi connectivity index (χ2v) is 6.43. The molecule has 6 nitrogen and oxygen atoms in total. The van der Waals surface area contributed by atoms with Crippen molar-refractivity contribution in [1.29, 1.82) is 5.26 Å². The predicted octanol–water partition coefficient (Wildman–Crippen LogP) is 1.62. The van der Waals surface area contributed by atoms with E-state index in [1.54, 1.807) is 6.92 Å². The molecule has 0 amide bonds. The van der Waals surface area contributed by atoms with E-state index < -0.39 is 22.0 Å².